The van der Waals surface area contributed by atoms with E-state index in [9.17, 15) is 18.0 Å². The van der Waals surface area contributed by atoms with Crippen molar-refractivity contribution in [3.05, 3.63) is 29.6 Å². The average molecular weight is 328 g/mol. The second kappa shape index (κ2) is 8.37. The van der Waals surface area contributed by atoms with Crippen molar-refractivity contribution >= 4 is 5.97 Å². The first kappa shape index (κ1) is 17.8. The van der Waals surface area contributed by atoms with E-state index in [0.717, 1.165) is 25.2 Å². The van der Waals surface area contributed by atoms with Gasteiger partial charge in [-0.3, -0.25) is 4.79 Å². The van der Waals surface area contributed by atoms with E-state index >= 15 is 0 Å². The predicted octanol–water partition coefficient (Wildman–Crippen LogP) is 5.40. The minimum atomic E-state index is -1.56. The molecule has 2 rings (SSSR count). The van der Waals surface area contributed by atoms with Gasteiger partial charge in [0.15, 0.2) is 17.5 Å². The molecule has 0 atom stereocenters. The van der Waals surface area contributed by atoms with E-state index in [1.165, 1.54) is 25.7 Å². The fourth-order valence-corrected chi connectivity index (χ4v) is 3.31. The Bertz CT molecular complexity index is 514. The van der Waals surface area contributed by atoms with Crippen LogP contribution in [0, 0.1) is 29.3 Å². The van der Waals surface area contributed by atoms with Gasteiger partial charge >= 0.3 is 5.97 Å². The van der Waals surface area contributed by atoms with E-state index in [1.807, 2.05) is 0 Å². The van der Waals surface area contributed by atoms with Gasteiger partial charge in [0.1, 0.15) is 5.75 Å². The largest absolute Gasteiger partial charge is 0.426 e. The number of halogens is 3. The molecule has 0 amide bonds. The fourth-order valence-electron chi connectivity index (χ4n) is 3.31. The minimum absolute atomic E-state index is 0.212. The van der Waals surface area contributed by atoms with Crippen molar-refractivity contribution in [3.63, 3.8) is 0 Å². The number of carbonyl (C=O) groups excluding carboxylic acids is 1. The van der Waals surface area contributed by atoms with E-state index in [-0.39, 0.29) is 12.2 Å². The van der Waals surface area contributed by atoms with Crippen molar-refractivity contribution in [2.45, 2.75) is 58.3 Å². The summed E-state index contributed by atoms with van der Waals surface area (Å²) in [6, 6.07) is 1.37. The molecule has 0 aromatic heterocycles. The molecule has 1 aliphatic rings. The molecule has 0 radical (unpaired) electrons. The highest BCUT2D eigenvalue weighted by Crippen LogP contribution is 2.33. The number of benzene rings is 1. The third-order valence-electron chi connectivity index (χ3n) is 4.61. The molecule has 2 nitrogen and oxygen atoms in total. The van der Waals surface area contributed by atoms with E-state index in [1.54, 1.807) is 0 Å². The standard InChI is InChI=1S/C18H23F3O2/c1-2-3-12-4-6-13(7-5-12)8-9-17(22)23-14-10-15(19)18(21)16(20)11-14/h10-13H,2-9H2,1H3/t12-,13-. The Kier molecular flexibility index (Phi) is 6.48. The van der Waals surface area contributed by atoms with Crippen molar-refractivity contribution in [1.82, 2.24) is 0 Å². The Morgan fingerprint density at radius 2 is 1.57 bits per heavy atom. The molecular formula is C18H23F3O2. The van der Waals surface area contributed by atoms with E-state index in [2.05, 4.69) is 6.92 Å². The summed E-state index contributed by atoms with van der Waals surface area (Å²) < 4.78 is 43.9. The quantitative estimate of drug-likeness (QED) is 0.397. The fraction of sp³-hybridized carbons (Fsp3) is 0.611. The Morgan fingerprint density at radius 3 is 2.09 bits per heavy atom. The minimum Gasteiger partial charge on any atom is -0.426 e. The maximum atomic E-state index is 13.1. The van der Waals surface area contributed by atoms with Gasteiger partial charge in [0.05, 0.1) is 0 Å². The zero-order valence-electron chi connectivity index (χ0n) is 13.4. The van der Waals surface area contributed by atoms with E-state index in [4.69, 9.17) is 4.74 Å². The maximum absolute atomic E-state index is 13.1. The first-order chi connectivity index (χ1) is 11.0. The monoisotopic (exact) mass is 328 g/mol. The van der Waals surface area contributed by atoms with E-state index in [0.29, 0.717) is 18.1 Å². The second-order valence-corrected chi connectivity index (χ2v) is 6.39. The average Bonchev–Trinajstić information content (AvgIpc) is 2.52. The van der Waals surface area contributed by atoms with Crippen molar-refractivity contribution in [3.8, 4) is 5.75 Å². The molecule has 0 N–H and O–H groups in total. The number of ether oxygens (including phenoxy) is 1. The van der Waals surface area contributed by atoms with Gasteiger partial charge in [0.25, 0.3) is 0 Å². The summed E-state index contributed by atoms with van der Waals surface area (Å²) in [5, 5.41) is 0. The lowest BCUT2D eigenvalue weighted by Gasteiger charge is -2.28. The van der Waals surface area contributed by atoms with Crippen molar-refractivity contribution < 1.29 is 22.7 Å². The zero-order valence-corrected chi connectivity index (χ0v) is 13.4. The van der Waals surface area contributed by atoms with Crippen molar-refractivity contribution in [1.29, 1.82) is 0 Å². The molecular weight excluding hydrogens is 305 g/mol. The summed E-state index contributed by atoms with van der Waals surface area (Å²) in [6.45, 7) is 2.20. The highest BCUT2D eigenvalue weighted by molar-refractivity contribution is 5.72. The lowest BCUT2D eigenvalue weighted by molar-refractivity contribution is -0.134. The van der Waals surface area contributed by atoms with Crippen LogP contribution in [0.25, 0.3) is 0 Å². The van der Waals surface area contributed by atoms with Gasteiger partial charge in [0.2, 0.25) is 0 Å². The number of rotatable bonds is 6. The maximum Gasteiger partial charge on any atom is 0.311 e. The van der Waals surface area contributed by atoms with Gasteiger partial charge in [-0.05, 0) is 18.3 Å². The first-order valence-corrected chi connectivity index (χ1v) is 8.34. The Balaban J connectivity index is 1.76. The molecule has 1 aliphatic carbocycles. The lowest BCUT2D eigenvalue weighted by Crippen LogP contribution is -2.17. The zero-order chi connectivity index (χ0) is 16.8. The SMILES string of the molecule is CCC[C@H]1CC[C@H](CCC(=O)Oc2cc(F)c(F)c(F)c2)CC1. The van der Waals surface area contributed by atoms with Crippen LogP contribution in [-0.2, 0) is 4.79 Å². The molecule has 0 unspecified atom stereocenters. The molecule has 0 saturated heterocycles. The third-order valence-corrected chi connectivity index (χ3v) is 4.61. The predicted molar refractivity (Wildman–Crippen MR) is 81.5 cm³/mol. The normalized spacial score (nSPS) is 21.2. The van der Waals surface area contributed by atoms with Crippen LogP contribution in [0.15, 0.2) is 12.1 Å². The van der Waals surface area contributed by atoms with Crippen LogP contribution >= 0.6 is 0 Å². The lowest BCUT2D eigenvalue weighted by atomic mass is 9.78. The number of esters is 1. The van der Waals surface area contributed by atoms with Crippen LogP contribution in [-0.4, -0.2) is 5.97 Å². The molecule has 0 spiro atoms. The molecule has 23 heavy (non-hydrogen) atoms. The summed E-state index contributed by atoms with van der Waals surface area (Å²) in [5.74, 6) is -3.78. The third kappa shape index (κ3) is 5.26. The van der Waals surface area contributed by atoms with Crippen LogP contribution in [0.4, 0.5) is 13.2 Å². The first-order valence-electron chi connectivity index (χ1n) is 8.34. The van der Waals surface area contributed by atoms with Crippen LogP contribution < -0.4 is 4.74 Å². The smallest absolute Gasteiger partial charge is 0.311 e. The second-order valence-electron chi connectivity index (χ2n) is 6.39. The van der Waals surface area contributed by atoms with E-state index < -0.39 is 23.4 Å². The van der Waals surface area contributed by atoms with Gasteiger partial charge in [-0.25, -0.2) is 13.2 Å². The molecule has 1 fully saturated rings. The van der Waals surface area contributed by atoms with Crippen LogP contribution in [0.2, 0.25) is 0 Å². The Labute approximate surface area is 135 Å². The van der Waals surface area contributed by atoms with Crippen molar-refractivity contribution in [2.24, 2.45) is 11.8 Å². The van der Waals surface area contributed by atoms with Crippen LogP contribution in [0.1, 0.15) is 58.3 Å². The highest BCUT2D eigenvalue weighted by atomic mass is 19.2. The van der Waals surface area contributed by atoms with Gasteiger partial charge < -0.3 is 4.74 Å². The van der Waals surface area contributed by atoms with Crippen molar-refractivity contribution in [2.75, 3.05) is 0 Å². The van der Waals surface area contributed by atoms with Crippen LogP contribution in [0.3, 0.4) is 0 Å². The topological polar surface area (TPSA) is 26.3 Å². The molecule has 1 aromatic carbocycles. The summed E-state index contributed by atoms with van der Waals surface area (Å²) in [5.41, 5.74) is 0. The molecule has 0 heterocycles. The molecule has 0 bridgehead atoms. The van der Waals surface area contributed by atoms with Gasteiger partial charge in [-0.15, -0.1) is 0 Å². The Morgan fingerprint density at radius 1 is 1.04 bits per heavy atom. The Hall–Kier alpha value is -1.52. The molecule has 5 heteroatoms. The van der Waals surface area contributed by atoms with Gasteiger partial charge in [-0.1, -0.05) is 45.4 Å². The summed E-state index contributed by atoms with van der Waals surface area (Å²) >= 11 is 0. The molecule has 128 valence electrons. The van der Waals surface area contributed by atoms with Crippen LogP contribution in [0.5, 0.6) is 5.75 Å². The molecule has 0 aliphatic heterocycles. The summed E-state index contributed by atoms with van der Waals surface area (Å²) in [7, 11) is 0. The molecule has 1 saturated carbocycles. The number of carbonyl (C=O) groups is 1. The van der Waals surface area contributed by atoms with Gasteiger partial charge in [-0.2, -0.15) is 0 Å². The number of hydrogen-bond acceptors (Lipinski definition) is 2. The summed E-state index contributed by atoms with van der Waals surface area (Å²) in [6.07, 6.45) is 8.09. The molecule has 1 aromatic rings. The number of hydrogen-bond donors (Lipinski definition) is 0. The van der Waals surface area contributed by atoms with Gasteiger partial charge in [0, 0.05) is 18.6 Å². The summed E-state index contributed by atoms with van der Waals surface area (Å²) in [4.78, 5) is 11.8. The highest BCUT2D eigenvalue weighted by Gasteiger charge is 2.21.